The fraction of sp³-hybridized carbons (Fsp3) is 0.316. The third kappa shape index (κ3) is 7.14. The number of piperazine rings is 1. The zero-order chi connectivity index (χ0) is 37.2. The fourth-order valence-electron chi connectivity index (χ4n) is 7.18. The molecule has 0 saturated carbocycles. The zero-order valence-corrected chi connectivity index (χ0v) is 28.6. The first-order valence-corrected chi connectivity index (χ1v) is 17.0. The van der Waals surface area contributed by atoms with Crippen LogP contribution in [0.15, 0.2) is 54.6 Å². The van der Waals surface area contributed by atoms with E-state index >= 15 is 4.39 Å². The lowest BCUT2D eigenvalue weighted by atomic mass is 9.96. The molecule has 11 nitrogen and oxygen atoms in total. The minimum atomic E-state index is -0.973. The van der Waals surface area contributed by atoms with Gasteiger partial charge < -0.3 is 19.6 Å². The summed E-state index contributed by atoms with van der Waals surface area (Å²) >= 11 is 0. The van der Waals surface area contributed by atoms with Crippen LogP contribution in [0.1, 0.15) is 30.5 Å². The fourth-order valence-corrected chi connectivity index (χ4v) is 7.18. The van der Waals surface area contributed by atoms with Gasteiger partial charge in [0.2, 0.25) is 0 Å². The van der Waals surface area contributed by atoms with Crippen molar-refractivity contribution in [3.63, 3.8) is 0 Å². The van der Waals surface area contributed by atoms with Gasteiger partial charge in [0.05, 0.1) is 23.8 Å². The zero-order valence-electron chi connectivity index (χ0n) is 28.6. The molecule has 3 aromatic heterocycles. The summed E-state index contributed by atoms with van der Waals surface area (Å²) in [4.78, 5) is 31.1. The van der Waals surface area contributed by atoms with Gasteiger partial charge in [-0.05, 0) is 61.5 Å². The molecule has 272 valence electrons. The summed E-state index contributed by atoms with van der Waals surface area (Å²) in [7, 11) is 1.33. The molecule has 15 heteroatoms. The molecule has 2 unspecified atom stereocenters. The lowest BCUT2D eigenvalue weighted by molar-refractivity contribution is -0.128. The van der Waals surface area contributed by atoms with Gasteiger partial charge in [0.25, 0.3) is 5.91 Å². The largest absolute Gasteiger partial charge is 0.508 e. The van der Waals surface area contributed by atoms with Crippen molar-refractivity contribution in [3.8, 4) is 35.4 Å². The Morgan fingerprint density at radius 1 is 1.11 bits per heavy atom. The normalized spacial score (nSPS) is 18.8. The van der Waals surface area contributed by atoms with E-state index in [0.717, 1.165) is 19.0 Å². The van der Waals surface area contributed by atoms with Crippen LogP contribution in [0.5, 0.6) is 11.8 Å². The number of alkyl halides is 1. The molecule has 8 rings (SSSR count). The molecular weight excluding hydrogens is 692 g/mol. The number of halogens is 4. The summed E-state index contributed by atoms with van der Waals surface area (Å²) in [5.74, 6) is -0.906. The molecule has 2 aromatic carbocycles. The van der Waals surface area contributed by atoms with Crippen LogP contribution in [0.25, 0.3) is 39.0 Å². The Bertz CT molecular complexity index is 2250. The molecule has 3 aliphatic heterocycles. The number of aromatic nitrogens is 5. The Balaban J connectivity index is 0.000000418. The van der Waals surface area contributed by atoms with Crippen LogP contribution >= 0.6 is 0 Å². The molecule has 2 atom stereocenters. The van der Waals surface area contributed by atoms with Gasteiger partial charge in [-0.25, -0.2) is 17.6 Å². The van der Waals surface area contributed by atoms with E-state index in [2.05, 4.69) is 36.0 Å². The van der Waals surface area contributed by atoms with Crippen molar-refractivity contribution in [1.82, 2.24) is 34.9 Å². The van der Waals surface area contributed by atoms with E-state index in [1.165, 1.54) is 67.6 Å². The van der Waals surface area contributed by atoms with Crippen LogP contribution in [-0.4, -0.2) is 105 Å². The van der Waals surface area contributed by atoms with Crippen LogP contribution in [-0.2, 0) is 4.79 Å². The second-order valence-corrected chi connectivity index (χ2v) is 12.9. The topological polar surface area (TPSA) is 121 Å². The molecule has 1 N–H and O–H groups in total. The molecule has 3 aliphatic rings. The maximum Gasteiger partial charge on any atom is 0.318 e. The van der Waals surface area contributed by atoms with Crippen LogP contribution in [0.4, 0.5) is 23.4 Å². The first-order valence-electron chi connectivity index (χ1n) is 17.0. The Morgan fingerprint density at radius 2 is 1.92 bits per heavy atom. The standard InChI is InChI=1S/C31H22F3N7O3.C7H12FN/c1-3-20-23(32)7-6-17-13-19(42)15-21(25(17)20)27-26(34)28-22(16-35-27)29(38-31(37-28)44-2)40-9-11-41(12-10-40)30(43)24(33)14-18-5-4-8-36-39-18;8-6-4-7-2-1-3-9(7)5-6/h1,4-8,13-16,42H,9-12H2,2H3;6-7H,1-5H2/b24-14-;. The van der Waals surface area contributed by atoms with Crippen molar-refractivity contribution in [2.75, 3.05) is 51.3 Å². The number of pyridine rings is 1. The Kier molecular flexibility index (Phi) is 10.1. The number of phenolic OH excluding ortho intramolecular Hbond substituents is 1. The molecule has 0 bridgehead atoms. The molecule has 0 aliphatic carbocycles. The molecule has 3 fully saturated rings. The lowest BCUT2D eigenvalue weighted by Gasteiger charge is -2.35. The number of anilines is 1. The maximum atomic E-state index is 16.3. The number of nitrogens with zero attached hydrogens (tertiary/aromatic N) is 8. The van der Waals surface area contributed by atoms with Gasteiger partial charge >= 0.3 is 6.01 Å². The van der Waals surface area contributed by atoms with Crippen molar-refractivity contribution >= 4 is 39.5 Å². The number of rotatable bonds is 5. The summed E-state index contributed by atoms with van der Waals surface area (Å²) in [6.07, 6.45) is 12.2. The number of terminal acetylenes is 1. The highest BCUT2D eigenvalue weighted by Gasteiger charge is 2.35. The molecule has 0 radical (unpaired) electrons. The summed E-state index contributed by atoms with van der Waals surface area (Å²) in [6.45, 7) is 2.64. The molecular formula is C38H34F4N8O3. The van der Waals surface area contributed by atoms with E-state index in [1.54, 1.807) is 11.0 Å². The van der Waals surface area contributed by atoms with Gasteiger partial charge in [0.1, 0.15) is 34.8 Å². The smallest absolute Gasteiger partial charge is 0.318 e. The lowest BCUT2D eigenvalue weighted by Crippen LogP contribution is -2.49. The molecule has 3 saturated heterocycles. The van der Waals surface area contributed by atoms with E-state index in [9.17, 15) is 23.1 Å². The quantitative estimate of drug-likeness (QED) is 0.142. The van der Waals surface area contributed by atoms with Gasteiger partial charge in [0, 0.05) is 68.2 Å². The number of carbonyl (C=O) groups is 1. The Labute approximate surface area is 301 Å². The second-order valence-electron chi connectivity index (χ2n) is 12.9. The van der Waals surface area contributed by atoms with E-state index in [4.69, 9.17) is 11.2 Å². The van der Waals surface area contributed by atoms with Crippen LogP contribution < -0.4 is 9.64 Å². The molecule has 1 amide bonds. The minimum absolute atomic E-state index is 0.0784. The molecule has 53 heavy (non-hydrogen) atoms. The van der Waals surface area contributed by atoms with Crippen LogP contribution in [0, 0.1) is 24.0 Å². The third-order valence-electron chi connectivity index (χ3n) is 9.68. The minimum Gasteiger partial charge on any atom is -0.508 e. The number of hydrogen-bond acceptors (Lipinski definition) is 10. The SMILES string of the molecule is C#Cc1c(F)ccc2cc(O)cc(-c3ncc4c(N5CCN(C(=O)/C(F)=C/c6cccnn6)CC5)nc(OC)nc4c3F)c12.FC1CC2CCCN2C1. The first-order chi connectivity index (χ1) is 25.6. The summed E-state index contributed by atoms with van der Waals surface area (Å²) in [6, 6.07) is 8.84. The van der Waals surface area contributed by atoms with Crippen molar-refractivity contribution in [2.24, 2.45) is 0 Å². The van der Waals surface area contributed by atoms with Gasteiger partial charge in [-0.2, -0.15) is 20.2 Å². The average Bonchev–Trinajstić information content (AvgIpc) is 3.76. The number of aromatic hydroxyl groups is 1. The van der Waals surface area contributed by atoms with E-state index in [0.29, 0.717) is 23.8 Å². The number of methoxy groups -OCH3 is 1. The highest BCUT2D eigenvalue weighted by molar-refractivity contribution is 6.03. The van der Waals surface area contributed by atoms with Crippen molar-refractivity contribution in [1.29, 1.82) is 0 Å². The predicted molar refractivity (Wildman–Crippen MR) is 190 cm³/mol. The van der Waals surface area contributed by atoms with Gasteiger partial charge in [-0.1, -0.05) is 12.0 Å². The van der Waals surface area contributed by atoms with Crippen molar-refractivity contribution in [2.45, 2.75) is 31.5 Å². The summed E-state index contributed by atoms with van der Waals surface area (Å²) < 4.78 is 63.4. The molecule has 6 heterocycles. The number of phenols is 1. The highest BCUT2D eigenvalue weighted by Crippen LogP contribution is 2.39. The number of benzene rings is 2. The van der Waals surface area contributed by atoms with Crippen LogP contribution in [0.2, 0.25) is 0 Å². The van der Waals surface area contributed by atoms with Gasteiger partial charge in [-0.3, -0.25) is 14.7 Å². The number of amides is 1. The highest BCUT2D eigenvalue weighted by atomic mass is 19.1. The molecule has 0 spiro atoms. The van der Waals surface area contributed by atoms with Crippen molar-refractivity contribution in [3.05, 3.63) is 77.5 Å². The number of carbonyl (C=O) groups excluding carboxylic acids is 1. The number of hydrogen-bond donors (Lipinski definition) is 1. The average molecular weight is 727 g/mol. The van der Waals surface area contributed by atoms with Crippen LogP contribution in [0.3, 0.4) is 0 Å². The maximum absolute atomic E-state index is 16.3. The monoisotopic (exact) mass is 726 g/mol. The van der Waals surface area contributed by atoms with E-state index in [-0.39, 0.29) is 76.7 Å². The van der Waals surface area contributed by atoms with Gasteiger partial charge in [0.15, 0.2) is 11.6 Å². The third-order valence-corrected chi connectivity index (χ3v) is 9.68. The first kappa shape index (κ1) is 35.5. The second kappa shape index (κ2) is 15.0. The Morgan fingerprint density at radius 3 is 2.64 bits per heavy atom. The van der Waals surface area contributed by atoms with Crippen molar-refractivity contribution < 1.29 is 32.2 Å². The number of ether oxygens (including phenoxy) is 1. The van der Waals surface area contributed by atoms with Gasteiger partial charge in [-0.15, -0.1) is 6.42 Å². The van der Waals surface area contributed by atoms with E-state index < -0.39 is 29.5 Å². The molecule has 5 aromatic rings. The predicted octanol–water partition coefficient (Wildman–Crippen LogP) is 5.46. The van der Waals surface area contributed by atoms with E-state index in [1.807, 2.05) is 0 Å². The Hall–Kier alpha value is -5.88. The summed E-state index contributed by atoms with van der Waals surface area (Å²) in [5, 5.41) is 18.6. The number of fused-ring (bicyclic) bond motifs is 3. The summed E-state index contributed by atoms with van der Waals surface area (Å²) in [5.41, 5.74) is -0.161.